The highest BCUT2D eigenvalue weighted by molar-refractivity contribution is 9.08. The molecule has 0 amide bonds. The normalized spacial score (nSPS) is 12.8. The second kappa shape index (κ2) is 14.0. The Morgan fingerprint density at radius 2 is 0.750 bits per heavy atom. The zero-order chi connectivity index (χ0) is 36.0. The first kappa shape index (κ1) is 38.2. The van der Waals surface area contributed by atoms with Gasteiger partial charge < -0.3 is 9.47 Å². The van der Waals surface area contributed by atoms with Gasteiger partial charge in [-0.3, -0.25) is 0 Å². The summed E-state index contributed by atoms with van der Waals surface area (Å²) in [5.41, 5.74) is 14.2. The standard InChI is InChI=1S/C44H56Br2O2/c1-41(2,3)29-19-15-27(16-20-29)37-33(25-45)31(23-35(39(37)47-13)43(7,8)9)32-24-36(44(10,11)12)40(48-14)38(34(32)26-46)28-17-21-30(22-18-28)42(4,5)6/h15-24H,25-26H2,1-14H3. The molecule has 0 aromatic heterocycles. The monoisotopic (exact) mass is 774 g/mol. The number of alkyl halides is 2. The van der Waals surface area contributed by atoms with E-state index in [2.05, 4.69) is 176 Å². The maximum Gasteiger partial charge on any atom is 0.130 e. The summed E-state index contributed by atoms with van der Waals surface area (Å²) in [4.78, 5) is 0. The van der Waals surface area contributed by atoms with Crippen LogP contribution in [0.3, 0.4) is 0 Å². The molecule has 0 heterocycles. The van der Waals surface area contributed by atoms with Crippen molar-refractivity contribution in [1.82, 2.24) is 0 Å². The quantitative estimate of drug-likeness (QED) is 0.174. The molecule has 0 aliphatic heterocycles. The summed E-state index contributed by atoms with van der Waals surface area (Å²) in [6.45, 7) is 27.2. The van der Waals surface area contributed by atoms with Crippen LogP contribution in [0.2, 0.25) is 0 Å². The maximum absolute atomic E-state index is 6.34. The van der Waals surface area contributed by atoms with E-state index in [0.29, 0.717) is 10.7 Å². The first-order valence-corrected chi connectivity index (χ1v) is 19.3. The summed E-state index contributed by atoms with van der Waals surface area (Å²) >= 11 is 7.94. The van der Waals surface area contributed by atoms with E-state index < -0.39 is 0 Å². The molecule has 4 aromatic rings. The van der Waals surface area contributed by atoms with Crippen LogP contribution >= 0.6 is 31.9 Å². The number of halogens is 2. The molecule has 0 N–H and O–H groups in total. The Balaban J connectivity index is 2.22. The Bertz CT molecular complexity index is 1620. The average Bonchev–Trinajstić information content (AvgIpc) is 3.00. The van der Waals surface area contributed by atoms with Crippen molar-refractivity contribution in [3.63, 3.8) is 0 Å². The van der Waals surface area contributed by atoms with Crippen LogP contribution in [0.25, 0.3) is 33.4 Å². The minimum Gasteiger partial charge on any atom is -0.496 e. The van der Waals surface area contributed by atoms with Gasteiger partial charge in [0.05, 0.1) is 14.2 Å². The van der Waals surface area contributed by atoms with Gasteiger partial charge in [0.2, 0.25) is 0 Å². The summed E-state index contributed by atoms with van der Waals surface area (Å²) in [5, 5.41) is 1.35. The summed E-state index contributed by atoms with van der Waals surface area (Å²) in [6.07, 6.45) is 0. The molecule has 0 radical (unpaired) electrons. The fourth-order valence-electron chi connectivity index (χ4n) is 6.59. The first-order chi connectivity index (χ1) is 22.2. The van der Waals surface area contributed by atoms with Crippen molar-refractivity contribution in [3.8, 4) is 44.9 Å². The fourth-order valence-corrected chi connectivity index (χ4v) is 7.75. The number of benzene rings is 4. The highest BCUT2D eigenvalue weighted by Gasteiger charge is 2.31. The zero-order valence-corrected chi connectivity index (χ0v) is 34.9. The van der Waals surface area contributed by atoms with Gasteiger partial charge >= 0.3 is 0 Å². The van der Waals surface area contributed by atoms with Crippen LogP contribution in [0.4, 0.5) is 0 Å². The minimum absolute atomic E-state index is 0.0675. The third-order valence-corrected chi connectivity index (χ3v) is 10.6. The van der Waals surface area contributed by atoms with Gasteiger partial charge in [-0.2, -0.15) is 0 Å². The summed E-state index contributed by atoms with van der Waals surface area (Å²) in [6, 6.07) is 22.9. The maximum atomic E-state index is 6.34. The molecule has 4 aromatic carbocycles. The van der Waals surface area contributed by atoms with E-state index in [9.17, 15) is 0 Å². The van der Waals surface area contributed by atoms with E-state index in [0.717, 1.165) is 33.8 Å². The zero-order valence-electron chi connectivity index (χ0n) is 31.8. The first-order valence-electron chi connectivity index (χ1n) is 17.0. The van der Waals surface area contributed by atoms with E-state index in [1.165, 1.54) is 44.5 Å². The molecule has 0 fully saturated rings. The lowest BCUT2D eigenvalue weighted by atomic mass is 9.76. The fraction of sp³-hybridized carbons (Fsp3) is 0.455. The van der Waals surface area contributed by atoms with Crippen LogP contribution in [0.1, 0.15) is 116 Å². The van der Waals surface area contributed by atoms with Crippen molar-refractivity contribution >= 4 is 31.9 Å². The summed E-state index contributed by atoms with van der Waals surface area (Å²) in [7, 11) is 3.62. The van der Waals surface area contributed by atoms with Crippen molar-refractivity contribution in [2.45, 2.75) is 115 Å². The second-order valence-electron chi connectivity index (χ2n) is 17.1. The molecule has 4 rings (SSSR count). The molecule has 0 saturated heterocycles. The lowest BCUT2D eigenvalue weighted by Crippen LogP contribution is -2.17. The number of hydrogen-bond acceptors (Lipinski definition) is 2. The predicted octanol–water partition coefficient (Wildman–Crippen LogP) is 13.7. The Kier molecular flexibility index (Phi) is 11.1. The van der Waals surface area contributed by atoms with E-state index in [4.69, 9.17) is 9.47 Å². The van der Waals surface area contributed by atoms with E-state index in [1.54, 1.807) is 0 Å². The molecular formula is C44H56Br2O2. The number of ether oxygens (including phenoxy) is 2. The largest absolute Gasteiger partial charge is 0.496 e. The number of rotatable bonds is 7. The molecule has 48 heavy (non-hydrogen) atoms. The van der Waals surface area contributed by atoms with Crippen molar-refractivity contribution in [2.75, 3.05) is 14.2 Å². The van der Waals surface area contributed by atoms with Crippen molar-refractivity contribution < 1.29 is 9.47 Å². The lowest BCUT2D eigenvalue weighted by Gasteiger charge is -2.31. The van der Waals surface area contributed by atoms with Crippen LogP contribution in [0, 0.1) is 0 Å². The molecule has 0 saturated carbocycles. The molecule has 0 spiro atoms. The number of methoxy groups -OCH3 is 2. The summed E-state index contributed by atoms with van der Waals surface area (Å²) in [5.74, 6) is 1.87. The second-order valence-corrected chi connectivity index (χ2v) is 18.3. The molecular weight excluding hydrogens is 720 g/mol. The highest BCUT2D eigenvalue weighted by Crippen LogP contribution is 2.51. The van der Waals surface area contributed by atoms with Crippen LogP contribution in [-0.2, 0) is 32.3 Å². The minimum atomic E-state index is -0.162. The van der Waals surface area contributed by atoms with Gasteiger partial charge in [0, 0.05) is 32.9 Å². The van der Waals surface area contributed by atoms with Crippen molar-refractivity contribution in [2.24, 2.45) is 0 Å². The topological polar surface area (TPSA) is 18.5 Å². The van der Waals surface area contributed by atoms with Gasteiger partial charge in [0.15, 0.2) is 0 Å². The lowest BCUT2D eigenvalue weighted by molar-refractivity contribution is 0.398. The highest BCUT2D eigenvalue weighted by atomic mass is 79.9. The van der Waals surface area contributed by atoms with Crippen molar-refractivity contribution in [3.05, 3.63) is 94.0 Å². The summed E-state index contributed by atoms with van der Waals surface area (Å²) < 4.78 is 12.7. The van der Waals surface area contributed by atoms with E-state index >= 15 is 0 Å². The van der Waals surface area contributed by atoms with Crippen LogP contribution in [-0.4, -0.2) is 14.2 Å². The Labute approximate surface area is 308 Å². The molecule has 0 atom stereocenters. The Morgan fingerprint density at radius 1 is 0.458 bits per heavy atom. The van der Waals surface area contributed by atoms with Crippen molar-refractivity contribution in [1.29, 1.82) is 0 Å². The van der Waals surface area contributed by atoms with Gasteiger partial charge in [-0.1, -0.05) is 163 Å². The smallest absolute Gasteiger partial charge is 0.130 e. The molecule has 4 heteroatoms. The SMILES string of the molecule is COc1c(C(C)(C)C)cc(-c2cc(C(C)(C)C)c(OC)c(-c3ccc(C(C)(C)C)cc3)c2CBr)c(CBr)c1-c1ccc(C(C)(C)C)cc1. The molecule has 0 aliphatic carbocycles. The third kappa shape index (κ3) is 7.60. The van der Waals surface area contributed by atoms with Gasteiger partial charge in [0.1, 0.15) is 11.5 Å². The van der Waals surface area contributed by atoms with E-state index in [-0.39, 0.29) is 21.7 Å². The van der Waals surface area contributed by atoms with Gasteiger partial charge in [-0.05, 0) is 78.3 Å². The van der Waals surface area contributed by atoms with Crippen LogP contribution < -0.4 is 9.47 Å². The molecule has 2 nitrogen and oxygen atoms in total. The van der Waals surface area contributed by atoms with Crippen LogP contribution in [0.5, 0.6) is 11.5 Å². The van der Waals surface area contributed by atoms with Crippen LogP contribution in [0.15, 0.2) is 60.7 Å². The Hall–Kier alpha value is -2.56. The average molecular weight is 777 g/mol. The molecule has 0 unspecified atom stereocenters. The van der Waals surface area contributed by atoms with Gasteiger partial charge in [-0.25, -0.2) is 0 Å². The van der Waals surface area contributed by atoms with Gasteiger partial charge in [0.25, 0.3) is 0 Å². The molecule has 0 bridgehead atoms. The third-order valence-electron chi connectivity index (χ3n) is 9.44. The Morgan fingerprint density at radius 3 is 0.958 bits per heavy atom. The molecule has 0 aliphatic rings. The van der Waals surface area contributed by atoms with E-state index in [1.807, 2.05) is 14.2 Å². The predicted molar refractivity (Wildman–Crippen MR) is 216 cm³/mol. The van der Waals surface area contributed by atoms with Gasteiger partial charge in [-0.15, -0.1) is 0 Å². The molecule has 258 valence electrons. The number of hydrogen-bond donors (Lipinski definition) is 0.